The lowest BCUT2D eigenvalue weighted by atomic mass is 10.2. The van der Waals surface area contributed by atoms with Gasteiger partial charge in [-0.1, -0.05) is 0 Å². The molecule has 0 aliphatic rings. The summed E-state index contributed by atoms with van der Waals surface area (Å²) in [5.41, 5.74) is -0.178. The second-order valence-corrected chi connectivity index (χ2v) is 8.48. The van der Waals surface area contributed by atoms with Crippen molar-refractivity contribution in [1.82, 2.24) is 5.32 Å². The van der Waals surface area contributed by atoms with Gasteiger partial charge >= 0.3 is 12.1 Å². The number of ether oxygens (including phenoxy) is 2. The Morgan fingerprint density at radius 2 is 1.96 bits per heavy atom. The molecule has 0 saturated heterocycles. The van der Waals surface area contributed by atoms with Crippen molar-refractivity contribution in [1.29, 1.82) is 0 Å². The van der Waals surface area contributed by atoms with Gasteiger partial charge in [0, 0.05) is 17.2 Å². The maximum absolute atomic E-state index is 12.0. The van der Waals surface area contributed by atoms with Gasteiger partial charge in [0.15, 0.2) is 0 Å². The quantitative estimate of drug-likeness (QED) is 0.551. The minimum Gasteiger partial charge on any atom is -0.465 e. The summed E-state index contributed by atoms with van der Waals surface area (Å²) in [6.07, 6.45) is -0.477. The second kappa shape index (κ2) is 9.67. The van der Waals surface area contributed by atoms with Crippen molar-refractivity contribution in [2.75, 3.05) is 30.5 Å². The molecule has 25 heavy (non-hydrogen) atoms. The zero-order valence-corrected chi connectivity index (χ0v) is 16.7. The van der Waals surface area contributed by atoms with E-state index in [9.17, 15) is 14.4 Å². The Morgan fingerprint density at radius 1 is 1.28 bits per heavy atom. The van der Waals surface area contributed by atoms with Crippen LogP contribution in [0.1, 0.15) is 36.0 Å². The summed E-state index contributed by atoms with van der Waals surface area (Å²) in [5.74, 6) is 0.0937. The van der Waals surface area contributed by atoms with Crippen molar-refractivity contribution in [3.63, 3.8) is 0 Å². The molecule has 0 bridgehead atoms. The molecule has 0 atom stereocenters. The Balaban J connectivity index is 2.32. The summed E-state index contributed by atoms with van der Waals surface area (Å²) in [6.45, 7) is 7.63. The lowest BCUT2D eigenvalue weighted by molar-refractivity contribution is -0.113. The zero-order chi connectivity index (χ0) is 19.0. The van der Waals surface area contributed by atoms with Crippen LogP contribution in [0.2, 0.25) is 0 Å². The number of nitrogens with one attached hydrogen (secondary N) is 2. The van der Waals surface area contributed by atoms with E-state index in [1.54, 1.807) is 26.8 Å². The van der Waals surface area contributed by atoms with Crippen molar-refractivity contribution in [3.05, 3.63) is 16.5 Å². The Kier molecular flexibility index (Phi) is 8.24. The van der Waals surface area contributed by atoms with Crippen molar-refractivity contribution in [3.8, 4) is 0 Å². The van der Waals surface area contributed by atoms with Gasteiger partial charge < -0.3 is 20.1 Å². The molecule has 2 N–H and O–H groups in total. The predicted molar refractivity (Wildman–Crippen MR) is 101 cm³/mol. The van der Waals surface area contributed by atoms with Crippen molar-refractivity contribution in [2.24, 2.45) is 0 Å². The monoisotopic (exact) mass is 388 g/mol. The molecule has 140 valence electrons. The van der Waals surface area contributed by atoms with Crippen molar-refractivity contribution in [2.45, 2.75) is 33.3 Å². The Hall–Kier alpha value is -1.74. The van der Waals surface area contributed by atoms with Crippen molar-refractivity contribution >= 4 is 46.1 Å². The minimum absolute atomic E-state index is 0.214. The normalized spacial score (nSPS) is 10.9. The SMILES string of the molecule is COC(=O)c1cc(C)sc1NC(=O)CSCCNC(=O)OC(C)(C)C. The third-order valence-corrected chi connectivity index (χ3v) is 4.59. The largest absolute Gasteiger partial charge is 0.465 e. The summed E-state index contributed by atoms with van der Waals surface area (Å²) in [4.78, 5) is 36.0. The first-order valence-electron chi connectivity index (χ1n) is 7.65. The van der Waals surface area contributed by atoms with Crippen LogP contribution in [0.4, 0.5) is 9.80 Å². The molecular formula is C16H24N2O5S2. The number of amides is 2. The zero-order valence-electron chi connectivity index (χ0n) is 15.1. The third kappa shape index (κ3) is 8.26. The van der Waals surface area contributed by atoms with E-state index in [0.29, 0.717) is 22.9 Å². The molecule has 1 rings (SSSR count). The van der Waals surface area contributed by atoms with Gasteiger partial charge in [-0.05, 0) is 33.8 Å². The molecule has 0 aromatic carbocycles. The van der Waals surface area contributed by atoms with Crippen LogP contribution in [0.15, 0.2) is 6.07 Å². The highest BCUT2D eigenvalue weighted by Gasteiger charge is 2.17. The lowest BCUT2D eigenvalue weighted by Gasteiger charge is -2.19. The Bertz CT molecular complexity index is 623. The first-order valence-corrected chi connectivity index (χ1v) is 9.62. The van der Waals surface area contributed by atoms with Crippen LogP contribution in [0.5, 0.6) is 0 Å². The molecule has 0 saturated carbocycles. The Labute approximate surface area is 155 Å². The van der Waals surface area contributed by atoms with E-state index in [0.717, 1.165) is 4.88 Å². The molecular weight excluding hydrogens is 364 g/mol. The van der Waals surface area contributed by atoms with Gasteiger partial charge in [0.25, 0.3) is 0 Å². The number of thiophene rings is 1. The van der Waals surface area contributed by atoms with E-state index >= 15 is 0 Å². The summed E-state index contributed by atoms with van der Waals surface area (Å²) in [7, 11) is 1.30. The molecule has 9 heteroatoms. The molecule has 2 amide bonds. The maximum Gasteiger partial charge on any atom is 0.407 e. The molecule has 1 aromatic rings. The number of carbonyl (C=O) groups is 3. The smallest absolute Gasteiger partial charge is 0.407 e. The van der Waals surface area contributed by atoms with Gasteiger partial charge in [0.1, 0.15) is 10.6 Å². The van der Waals surface area contributed by atoms with Gasteiger partial charge in [-0.2, -0.15) is 11.8 Å². The van der Waals surface area contributed by atoms with Crippen LogP contribution in [-0.2, 0) is 14.3 Å². The molecule has 1 aromatic heterocycles. The van der Waals surface area contributed by atoms with Crippen LogP contribution in [0.25, 0.3) is 0 Å². The third-order valence-electron chi connectivity index (χ3n) is 2.66. The average Bonchev–Trinajstić information content (AvgIpc) is 2.84. The van der Waals surface area contributed by atoms with Gasteiger partial charge in [-0.3, -0.25) is 4.79 Å². The number of anilines is 1. The fourth-order valence-corrected chi connectivity index (χ4v) is 3.30. The number of hydrogen-bond acceptors (Lipinski definition) is 7. The average molecular weight is 389 g/mol. The van der Waals surface area contributed by atoms with E-state index in [-0.39, 0.29) is 11.7 Å². The van der Waals surface area contributed by atoms with Gasteiger partial charge in [-0.25, -0.2) is 9.59 Å². The van der Waals surface area contributed by atoms with E-state index in [1.165, 1.54) is 30.2 Å². The molecule has 0 aliphatic carbocycles. The van der Waals surface area contributed by atoms with E-state index in [2.05, 4.69) is 10.6 Å². The second-order valence-electron chi connectivity index (χ2n) is 6.12. The summed E-state index contributed by atoms with van der Waals surface area (Å²) in [6, 6.07) is 1.68. The van der Waals surface area contributed by atoms with Gasteiger partial charge in [0.05, 0.1) is 18.4 Å². The molecule has 0 aliphatic heterocycles. The van der Waals surface area contributed by atoms with Crippen LogP contribution in [0.3, 0.4) is 0 Å². The van der Waals surface area contributed by atoms with Crippen LogP contribution in [0, 0.1) is 6.92 Å². The van der Waals surface area contributed by atoms with Gasteiger partial charge in [0.2, 0.25) is 5.91 Å². The molecule has 7 nitrogen and oxygen atoms in total. The number of thioether (sulfide) groups is 1. The molecule has 0 fully saturated rings. The summed E-state index contributed by atoms with van der Waals surface area (Å²) >= 11 is 2.70. The highest BCUT2D eigenvalue weighted by Crippen LogP contribution is 2.28. The first kappa shape index (κ1) is 21.3. The van der Waals surface area contributed by atoms with Crippen LogP contribution >= 0.6 is 23.1 Å². The standard InChI is InChI=1S/C16H24N2O5S2/c1-10-8-11(14(20)22-5)13(25-10)18-12(19)9-24-7-6-17-15(21)23-16(2,3)4/h8H,6-7,9H2,1-5H3,(H,17,21)(H,18,19). The molecule has 0 radical (unpaired) electrons. The van der Waals surface area contributed by atoms with E-state index in [1.807, 2.05) is 6.92 Å². The number of hydrogen-bond donors (Lipinski definition) is 2. The maximum atomic E-state index is 12.0. The molecule has 0 spiro atoms. The molecule has 1 heterocycles. The highest BCUT2D eigenvalue weighted by atomic mass is 32.2. The highest BCUT2D eigenvalue weighted by molar-refractivity contribution is 7.99. The topological polar surface area (TPSA) is 93.7 Å². The molecule has 0 unspecified atom stereocenters. The fourth-order valence-electron chi connectivity index (χ4n) is 1.74. The summed E-state index contributed by atoms with van der Waals surface area (Å²) < 4.78 is 9.81. The number of alkyl carbamates (subject to hydrolysis) is 1. The number of carbonyl (C=O) groups excluding carboxylic acids is 3. The summed E-state index contributed by atoms with van der Waals surface area (Å²) in [5, 5.41) is 5.84. The minimum atomic E-state index is -0.534. The van der Waals surface area contributed by atoms with E-state index in [4.69, 9.17) is 9.47 Å². The first-order chi connectivity index (χ1) is 11.6. The number of methoxy groups -OCH3 is 1. The van der Waals surface area contributed by atoms with Crippen LogP contribution < -0.4 is 10.6 Å². The fraction of sp³-hybridized carbons (Fsp3) is 0.562. The number of aryl methyl sites for hydroxylation is 1. The number of esters is 1. The Morgan fingerprint density at radius 3 is 2.56 bits per heavy atom. The van der Waals surface area contributed by atoms with E-state index < -0.39 is 17.7 Å². The lowest BCUT2D eigenvalue weighted by Crippen LogP contribution is -2.33. The number of rotatable bonds is 7. The van der Waals surface area contributed by atoms with Gasteiger partial charge in [-0.15, -0.1) is 11.3 Å². The van der Waals surface area contributed by atoms with Crippen molar-refractivity contribution < 1.29 is 23.9 Å². The van der Waals surface area contributed by atoms with Crippen LogP contribution in [-0.4, -0.2) is 48.7 Å². The predicted octanol–water partition coefficient (Wildman–Crippen LogP) is 3.04.